The van der Waals surface area contributed by atoms with Crippen LogP contribution in [0.2, 0.25) is 0 Å². The van der Waals surface area contributed by atoms with Crippen molar-refractivity contribution in [2.45, 2.75) is 27.3 Å². The number of nitrogens with one attached hydrogen (secondary N) is 1. The van der Waals surface area contributed by atoms with Gasteiger partial charge in [0.05, 0.1) is 5.69 Å². The van der Waals surface area contributed by atoms with Gasteiger partial charge in [0, 0.05) is 19.3 Å². The van der Waals surface area contributed by atoms with Gasteiger partial charge in [0.25, 0.3) is 5.56 Å². The molecule has 0 saturated heterocycles. The van der Waals surface area contributed by atoms with Crippen LogP contribution in [0.5, 0.6) is 0 Å². The molecule has 0 saturated carbocycles. The van der Waals surface area contributed by atoms with Crippen molar-refractivity contribution in [3.63, 3.8) is 0 Å². The summed E-state index contributed by atoms with van der Waals surface area (Å²) in [5.41, 5.74) is 1.51. The molecule has 0 radical (unpaired) electrons. The van der Waals surface area contributed by atoms with Gasteiger partial charge in [0.1, 0.15) is 0 Å². The highest BCUT2D eigenvalue weighted by atomic mass is 16.2. The molecular formula is C15H18N6O2. The van der Waals surface area contributed by atoms with Gasteiger partial charge in [-0.3, -0.25) is 18.9 Å². The van der Waals surface area contributed by atoms with Crippen molar-refractivity contribution in [1.82, 2.24) is 28.9 Å². The summed E-state index contributed by atoms with van der Waals surface area (Å²) in [6, 6.07) is 1.93. The number of aryl methyl sites for hydroxylation is 3. The van der Waals surface area contributed by atoms with Gasteiger partial charge in [0.2, 0.25) is 5.95 Å². The third kappa shape index (κ3) is 2.32. The first kappa shape index (κ1) is 15.0. The zero-order valence-corrected chi connectivity index (χ0v) is 13.5. The SMILES string of the molecule is C/C=C\Cn1c(-n2nc(C)cc2C)nc2c1c(=O)[nH]c(=O)n2C. The van der Waals surface area contributed by atoms with Crippen LogP contribution in [-0.4, -0.2) is 28.9 Å². The van der Waals surface area contributed by atoms with E-state index >= 15 is 0 Å². The number of fused-ring (bicyclic) bond motifs is 1. The van der Waals surface area contributed by atoms with E-state index in [9.17, 15) is 9.59 Å². The van der Waals surface area contributed by atoms with Gasteiger partial charge in [-0.25, -0.2) is 9.48 Å². The normalized spacial score (nSPS) is 11.8. The Balaban J connectivity index is 2.44. The van der Waals surface area contributed by atoms with E-state index in [1.165, 1.54) is 4.57 Å². The third-order valence-electron chi connectivity index (χ3n) is 3.71. The van der Waals surface area contributed by atoms with Crippen LogP contribution in [0.1, 0.15) is 18.3 Å². The molecular weight excluding hydrogens is 296 g/mol. The Bertz CT molecular complexity index is 1030. The molecule has 23 heavy (non-hydrogen) atoms. The first-order valence-corrected chi connectivity index (χ1v) is 7.28. The highest BCUT2D eigenvalue weighted by Crippen LogP contribution is 2.17. The molecule has 0 spiro atoms. The fraction of sp³-hybridized carbons (Fsp3) is 0.333. The Kier molecular flexibility index (Phi) is 3.51. The molecule has 3 heterocycles. The van der Waals surface area contributed by atoms with Crippen molar-refractivity contribution in [3.8, 4) is 5.95 Å². The van der Waals surface area contributed by atoms with E-state index < -0.39 is 11.2 Å². The maximum Gasteiger partial charge on any atom is 0.329 e. The van der Waals surface area contributed by atoms with Crippen LogP contribution in [-0.2, 0) is 13.6 Å². The van der Waals surface area contributed by atoms with Crippen molar-refractivity contribution in [1.29, 1.82) is 0 Å². The predicted octanol–water partition coefficient (Wildman–Crippen LogP) is 0.802. The minimum Gasteiger partial charge on any atom is -0.299 e. The number of rotatable bonds is 3. The van der Waals surface area contributed by atoms with E-state index in [1.807, 2.05) is 39.0 Å². The highest BCUT2D eigenvalue weighted by molar-refractivity contribution is 5.72. The quantitative estimate of drug-likeness (QED) is 0.724. The van der Waals surface area contributed by atoms with Crippen molar-refractivity contribution in [3.05, 3.63) is 50.4 Å². The fourth-order valence-electron chi connectivity index (χ4n) is 2.60. The average Bonchev–Trinajstić information content (AvgIpc) is 3.02. The molecule has 0 atom stereocenters. The van der Waals surface area contributed by atoms with E-state index in [0.29, 0.717) is 23.7 Å². The molecule has 0 unspecified atom stereocenters. The molecule has 0 aliphatic heterocycles. The van der Waals surface area contributed by atoms with Crippen LogP contribution in [0.15, 0.2) is 27.8 Å². The molecule has 0 amide bonds. The van der Waals surface area contributed by atoms with Gasteiger partial charge in [-0.1, -0.05) is 12.2 Å². The van der Waals surface area contributed by atoms with E-state index in [2.05, 4.69) is 15.1 Å². The summed E-state index contributed by atoms with van der Waals surface area (Å²) in [7, 11) is 1.58. The molecule has 120 valence electrons. The summed E-state index contributed by atoms with van der Waals surface area (Å²) < 4.78 is 4.77. The van der Waals surface area contributed by atoms with E-state index in [0.717, 1.165) is 11.4 Å². The third-order valence-corrected chi connectivity index (χ3v) is 3.71. The molecule has 0 aromatic carbocycles. The van der Waals surface area contributed by atoms with Crippen molar-refractivity contribution >= 4 is 11.2 Å². The van der Waals surface area contributed by atoms with Crippen LogP contribution >= 0.6 is 0 Å². The smallest absolute Gasteiger partial charge is 0.299 e. The lowest BCUT2D eigenvalue weighted by Crippen LogP contribution is -2.29. The summed E-state index contributed by atoms with van der Waals surface area (Å²) in [6.07, 6.45) is 3.81. The van der Waals surface area contributed by atoms with Crippen molar-refractivity contribution in [2.75, 3.05) is 0 Å². The van der Waals surface area contributed by atoms with E-state index in [4.69, 9.17) is 0 Å². The second-order valence-corrected chi connectivity index (χ2v) is 5.42. The number of hydrogen-bond donors (Lipinski definition) is 1. The zero-order valence-electron chi connectivity index (χ0n) is 13.5. The lowest BCUT2D eigenvalue weighted by molar-refractivity contribution is 0.708. The standard InChI is InChI=1S/C15H18N6O2/c1-5-6-7-20-11-12(19(4)15(23)17-13(11)22)16-14(20)21-10(3)8-9(2)18-21/h5-6,8H,7H2,1-4H3,(H,17,22,23)/b6-5-. The van der Waals surface area contributed by atoms with Crippen LogP contribution < -0.4 is 11.2 Å². The van der Waals surface area contributed by atoms with Gasteiger partial charge in [-0.05, 0) is 26.8 Å². The number of nitrogens with zero attached hydrogens (tertiary/aromatic N) is 5. The largest absolute Gasteiger partial charge is 0.329 e. The molecule has 3 rings (SSSR count). The minimum absolute atomic E-state index is 0.339. The predicted molar refractivity (Wildman–Crippen MR) is 87.0 cm³/mol. The minimum atomic E-state index is -0.488. The Hall–Kier alpha value is -2.90. The summed E-state index contributed by atoms with van der Waals surface area (Å²) in [5.74, 6) is 0.510. The van der Waals surface area contributed by atoms with Gasteiger partial charge >= 0.3 is 5.69 Å². The number of allylic oxidation sites excluding steroid dienone is 2. The first-order chi connectivity index (χ1) is 10.9. The molecule has 0 fully saturated rings. The van der Waals surface area contributed by atoms with Crippen LogP contribution in [0.3, 0.4) is 0 Å². The van der Waals surface area contributed by atoms with Crippen LogP contribution in [0.25, 0.3) is 17.1 Å². The van der Waals surface area contributed by atoms with Crippen molar-refractivity contribution in [2.24, 2.45) is 7.05 Å². The van der Waals surface area contributed by atoms with Crippen molar-refractivity contribution < 1.29 is 0 Å². The first-order valence-electron chi connectivity index (χ1n) is 7.28. The number of imidazole rings is 1. The van der Waals surface area contributed by atoms with Crippen LogP contribution in [0, 0.1) is 13.8 Å². The Morgan fingerprint density at radius 2 is 2.04 bits per heavy atom. The lowest BCUT2D eigenvalue weighted by Gasteiger charge is -2.07. The van der Waals surface area contributed by atoms with E-state index in [1.54, 1.807) is 16.3 Å². The molecule has 0 aliphatic carbocycles. The van der Waals surface area contributed by atoms with E-state index in [-0.39, 0.29) is 0 Å². The fourth-order valence-corrected chi connectivity index (χ4v) is 2.60. The van der Waals surface area contributed by atoms with Gasteiger partial charge < -0.3 is 0 Å². The molecule has 1 N–H and O–H groups in total. The molecule has 0 bridgehead atoms. The second kappa shape index (κ2) is 5.38. The summed E-state index contributed by atoms with van der Waals surface area (Å²) in [6.45, 7) is 6.18. The zero-order chi connectivity index (χ0) is 16.7. The van der Waals surface area contributed by atoms with Gasteiger partial charge in [0.15, 0.2) is 11.2 Å². The average molecular weight is 314 g/mol. The summed E-state index contributed by atoms with van der Waals surface area (Å²) in [4.78, 5) is 30.9. The molecule has 3 aromatic rings. The highest BCUT2D eigenvalue weighted by Gasteiger charge is 2.19. The second-order valence-electron chi connectivity index (χ2n) is 5.42. The number of aromatic nitrogens is 6. The van der Waals surface area contributed by atoms with Crippen LogP contribution in [0.4, 0.5) is 0 Å². The number of hydrogen-bond acceptors (Lipinski definition) is 4. The maximum absolute atomic E-state index is 12.3. The molecule has 8 heteroatoms. The molecule has 0 aliphatic rings. The summed E-state index contributed by atoms with van der Waals surface area (Å²) in [5, 5.41) is 4.44. The monoisotopic (exact) mass is 314 g/mol. The number of aromatic amines is 1. The topological polar surface area (TPSA) is 90.5 Å². The maximum atomic E-state index is 12.3. The molecule has 8 nitrogen and oxygen atoms in total. The number of H-pyrrole nitrogens is 1. The van der Waals surface area contributed by atoms with Gasteiger partial charge in [-0.2, -0.15) is 10.1 Å². The summed E-state index contributed by atoms with van der Waals surface area (Å²) >= 11 is 0. The lowest BCUT2D eigenvalue weighted by atomic mass is 10.4. The Morgan fingerprint density at radius 1 is 1.30 bits per heavy atom. The van der Waals surface area contributed by atoms with Gasteiger partial charge in [-0.15, -0.1) is 0 Å². The Labute approximate surface area is 131 Å². The molecule has 3 aromatic heterocycles. The Morgan fingerprint density at radius 3 is 2.65 bits per heavy atom.